The summed E-state index contributed by atoms with van der Waals surface area (Å²) >= 11 is 1.28. The number of aromatic nitrogens is 3. The number of hydrogen-bond donors (Lipinski definition) is 3. The topological polar surface area (TPSA) is 107 Å². The average Bonchev–Trinajstić information content (AvgIpc) is 3.25. The number of nitrogens with zero attached hydrogens (tertiary/aromatic N) is 5. The van der Waals surface area contributed by atoms with Crippen LogP contribution in [0.1, 0.15) is 32.2 Å². The minimum Gasteiger partial charge on any atom is -0.395 e. The van der Waals surface area contributed by atoms with Gasteiger partial charge < -0.3 is 20.6 Å². The number of piperazine rings is 1. The molecule has 1 fully saturated rings. The number of benzene rings is 1. The fraction of sp³-hybridized carbons (Fsp3) is 0.417. The maximum Gasteiger partial charge on any atom is 0.267 e. The van der Waals surface area contributed by atoms with E-state index >= 15 is 0 Å². The van der Waals surface area contributed by atoms with E-state index in [0.29, 0.717) is 28.2 Å². The number of nitrogens with one attached hydrogen (secondary N) is 2. The third kappa shape index (κ3) is 5.69. The molecule has 1 amide bonds. The molecule has 0 bridgehead atoms. The Bertz CT molecular complexity index is 1150. The summed E-state index contributed by atoms with van der Waals surface area (Å²) < 4.78 is 0. The molecule has 2 aromatic heterocycles. The number of aliphatic hydroxyl groups is 1. The molecule has 180 valence electrons. The lowest BCUT2D eigenvalue weighted by atomic mass is 10.1. The summed E-state index contributed by atoms with van der Waals surface area (Å²) in [5, 5.41) is 16.0. The van der Waals surface area contributed by atoms with E-state index in [0.717, 1.165) is 48.8 Å². The number of anilines is 4. The fourth-order valence-corrected chi connectivity index (χ4v) is 4.94. The first-order valence-corrected chi connectivity index (χ1v) is 12.2. The molecule has 9 nitrogen and oxygen atoms in total. The first-order valence-electron chi connectivity index (χ1n) is 11.4. The van der Waals surface area contributed by atoms with Crippen molar-refractivity contribution in [1.82, 2.24) is 19.9 Å². The number of amides is 1. The van der Waals surface area contributed by atoms with Crippen LogP contribution in [0.25, 0.3) is 0 Å². The lowest BCUT2D eigenvalue weighted by molar-refractivity contribution is 0.103. The van der Waals surface area contributed by atoms with E-state index < -0.39 is 0 Å². The summed E-state index contributed by atoms with van der Waals surface area (Å²) in [6.45, 7) is 12.2. The van der Waals surface area contributed by atoms with Gasteiger partial charge >= 0.3 is 0 Å². The van der Waals surface area contributed by atoms with Crippen LogP contribution in [0.3, 0.4) is 0 Å². The maximum atomic E-state index is 12.8. The number of carbonyl (C=O) groups excluding carboxylic acids is 1. The molecule has 1 aliphatic heterocycles. The van der Waals surface area contributed by atoms with Gasteiger partial charge in [-0.1, -0.05) is 29.0 Å². The summed E-state index contributed by atoms with van der Waals surface area (Å²) in [7, 11) is 0. The Morgan fingerprint density at radius 1 is 1.06 bits per heavy atom. The Morgan fingerprint density at radius 3 is 2.44 bits per heavy atom. The molecule has 1 aliphatic rings. The zero-order valence-corrected chi connectivity index (χ0v) is 20.9. The second kappa shape index (κ2) is 10.5. The summed E-state index contributed by atoms with van der Waals surface area (Å²) in [5.41, 5.74) is 4.09. The van der Waals surface area contributed by atoms with Gasteiger partial charge in [-0.25, -0.2) is 15.0 Å². The number of β-amino-alcohol motifs (C(OH)–C–C–N with tert-alkyl or cyclic N) is 1. The molecular formula is C24H31N7O2S. The summed E-state index contributed by atoms with van der Waals surface area (Å²) in [5.74, 6) is 1.99. The fourth-order valence-electron chi connectivity index (χ4n) is 4.22. The van der Waals surface area contributed by atoms with Crippen LogP contribution in [0.2, 0.25) is 0 Å². The van der Waals surface area contributed by atoms with Crippen molar-refractivity contribution >= 4 is 39.7 Å². The van der Waals surface area contributed by atoms with Gasteiger partial charge in [0.15, 0.2) is 5.13 Å². The molecule has 0 radical (unpaired) electrons. The van der Waals surface area contributed by atoms with E-state index in [4.69, 9.17) is 5.11 Å². The molecule has 0 unspecified atom stereocenters. The second-order valence-electron chi connectivity index (χ2n) is 8.59. The standard InChI is InChI=1S/C24H31N7O2S/c1-15-11-16(2)22(17(3)12-15)29-23(33)19-14-25-24(34-19)28-20-13-21(27-18(4)26-20)31-7-5-30(6-8-31)9-10-32/h11-14,32H,5-10H2,1-4H3,(H,29,33)(H,25,26,27,28). The molecule has 0 spiro atoms. The van der Waals surface area contributed by atoms with Crippen LogP contribution in [0, 0.1) is 27.7 Å². The van der Waals surface area contributed by atoms with Gasteiger partial charge in [-0.15, -0.1) is 0 Å². The Kier molecular flexibility index (Phi) is 7.40. The van der Waals surface area contributed by atoms with Crippen molar-refractivity contribution in [2.75, 3.05) is 54.9 Å². The number of aryl methyl sites for hydroxylation is 4. The monoisotopic (exact) mass is 481 g/mol. The molecule has 3 N–H and O–H groups in total. The highest BCUT2D eigenvalue weighted by atomic mass is 32.1. The van der Waals surface area contributed by atoms with Crippen LogP contribution >= 0.6 is 11.3 Å². The summed E-state index contributed by atoms with van der Waals surface area (Å²) in [6.07, 6.45) is 1.58. The quantitative estimate of drug-likeness (QED) is 0.472. The average molecular weight is 482 g/mol. The van der Waals surface area contributed by atoms with E-state index in [2.05, 4.69) is 47.5 Å². The highest BCUT2D eigenvalue weighted by molar-refractivity contribution is 7.17. The van der Waals surface area contributed by atoms with E-state index in [1.807, 2.05) is 33.8 Å². The first kappa shape index (κ1) is 24.1. The molecule has 1 saturated heterocycles. The molecule has 0 atom stereocenters. The van der Waals surface area contributed by atoms with Crippen molar-refractivity contribution in [3.63, 3.8) is 0 Å². The zero-order chi connectivity index (χ0) is 24.2. The SMILES string of the molecule is Cc1cc(C)c(NC(=O)c2cnc(Nc3cc(N4CCN(CCO)CC4)nc(C)n3)s2)c(C)c1. The number of rotatable bonds is 7. The van der Waals surface area contributed by atoms with Crippen LogP contribution in [0.4, 0.5) is 22.5 Å². The predicted octanol–water partition coefficient (Wildman–Crippen LogP) is 3.28. The van der Waals surface area contributed by atoms with Gasteiger partial charge in [-0.05, 0) is 38.8 Å². The smallest absolute Gasteiger partial charge is 0.267 e. The largest absolute Gasteiger partial charge is 0.395 e. The van der Waals surface area contributed by atoms with Crippen LogP contribution in [-0.4, -0.2) is 70.2 Å². The van der Waals surface area contributed by atoms with E-state index in [1.165, 1.54) is 16.9 Å². The first-order chi connectivity index (χ1) is 16.3. The van der Waals surface area contributed by atoms with Gasteiger partial charge in [0.1, 0.15) is 22.3 Å². The van der Waals surface area contributed by atoms with Gasteiger partial charge in [0.05, 0.1) is 12.8 Å². The summed E-state index contributed by atoms with van der Waals surface area (Å²) in [4.78, 5) is 31.3. The van der Waals surface area contributed by atoms with Gasteiger partial charge in [-0.2, -0.15) is 0 Å². The molecule has 10 heteroatoms. The third-order valence-electron chi connectivity index (χ3n) is 5.82. The Labute approximate surface area is 203 Å². The summed E-state index contributed by atoms with van der Waals surface area (Å²) in [6, 6.07) is 6.03. The molecule has 0 aliphatic carbocycles. The van der Waals surface area contributed by atoms with Crippen molar-refractivity contribution in [3.05, 3.63) is 51.8 Å². The van der Waals surface area contributed by atoms with Crippen molar-refractivity contribution in [2.24, 2.45) is 0 Å². The van der Waals surface area contributed by atoms with Crippen LogP contribution in [-0.2, 0) is 0 Å². The minimum atomic E-state index is -0.180. The molecule has 34 heavy (non-hydrogen) atoms. The predicted molar refractivity (Wildman–Crippen MR) is 137 cm³/mol. The van der Waals surface area contributed by atoms with Crippen LogP contribution in [0.15, 0.2) is 24.4 Å². The van der Waals surface area contributed by atoms with E-state index in [1.54, 1.807) is 6.20 Å². The third-order valence-corrected chi connectivity index (χ3v) is 6.73. The van der Waals surface area contributed by atoms with Gasteiger partial charge in [0, 0.05) is 44.5 Å². The van der Waals surface area contributed by atoms with Gasteiger partial charge in [-0.3, -0.25) is 9.69 Å². The Balaban J connectivity index is 1.43. The van der Waals surface area contributed by atoms with Gasteiger partial charge in [0.25, 0.3) is 5.91 Å². The van der Waals surface area contributed by atoms with Crippen molar-refractivity contribution < 1.29 is 9.90 Å². The number of hydrogen-bond acceptors (Lipinski definition) is 9. The number of thiazole rings is 1. The highest BCUT2D eigenvalue weighted by Gasteiger charge is 2.19. The van der Waals surface area contributed by atoms with Crippen LogP contribution < -0.4 is 15.5 Å². The second-order valence-corrected chi connectivity index (χ2v) is 9.62. The molecular weight excluding hydrogens is 450 g/mol. The van der Waals surface area contributed by atoms with Gasteiger partial charge in [0.2, 0.25) is 0 Å². The molecule has 1 aromatic carbocycles. The lowest BCUT2D eigenvalue weighted by Crippen LogP contribution is -2.47. The van der Waals surface area contributed by atoms with Crippen molar-refractivity contribution in [2.45, 2.75) is 27.7 Å². The van der Waals surface area contributed by atoms with Crippen molar-refractivity contribution in [3.8, 4) is 0 Å². The number of aliphatic hydroxyl groups excluding tert-OH is 1. The van der Waals surface area contributed by atoms with Crippen molar-refractivity contribution in [1.29, 1.82) is 0 Å². The van der Waals surface area contributed by atoms with E-state index in [-0.39, 0.29) is 12.5 Å². The molecule has 3 aromatic rings. The maximum absolute atomic E-state index is 12.8. The molecule has 0 saturated carbocycles. The molecule has 4 rings (SSSR count). The Morgan fingerprint density at radius 2 is 1.76 bits per heavy atom. The lowest BCUT2D eigenvalue weighted by Gasteiger charge is -2.35. The minimum absolute atomic E-state index is 0.179. The van der Waals surface area contributed by atoms with Crippen LogP contribution in [0.5, 0.6) is 0 Å². The number of carbonyl (C=O) groups is 1. The highest BCUT2D eigenvalue weighted by Crippen LogP contribution is 2.27. The van der Waals surface area contributed by atoms with E-state index in [9.17, 15) is 4.79 Å². The molecule has 3 heterocycles. The zero-order valence-electron chi connectivity index (χ0n) is 20.1. The normalized spacial score (nSPS) is 14.3. The Hall–Kier alpha value is -3.08.